The lowest BCUT2D eigenvalue weighted by atomic mass is 10.00. The van der Waals surface area contributed by atoms with Crippen LogP contribution in [-0.2, 0) is 65.4 Å². The van der Waals surface area contributed by atoms with Gasteiger partial charge >= 0.3 is 39.5 Å². The molecular weight excluding hydrogens is 1150 g/mol. The molecule has 0 aromatic heterocycles. The van der Waals surface area contributed by atoms with E-state index in [4.69, 9.17) is 37.0 Å². The molecule has 0 aliphatic heterocycles. The second-order valence-corrected chi connectivity index (χ2v) is 28.7. The lowest BCUT2D eigenvalue weighted by Gasteiger charge is -2.21. The molecule has 0 amide bonds. The Labute approximate surface area is 530 Å². The number of phosphoric acid groups is 2. The second-order valence-electron chi connectivity index (χ2n) is 25.8. The molecule has 0 aliphatic carbocycles. The zero-order chi connectivity index (χ0) is 64.5. The van der Waals surface area contributed by atoms with E-state index in [0.29, 0.717) is 25.7 Å². The fourth-order valence-corrected chi connectivity index (χ4v) is 11.7. The van der Waals surface area contributed by atoms with Crippen LogP contribution in [0.4, 0.5) is 0 Å². The number of aliphatic hydroxyl groups excluding tert-OH is 1. The van der Waals surface area contributed by atoms with Gasteiger partial charge in [-0.15, -0.1) is 0 Å². The highest BCUT2D eigenvalue weighted by molar-refractivity contribution is 7.47. The van der Waals surface area contributed by atoms with Crippen LogP contribution >= 0.6 is 15.6 Å². The third kappa shape index (κ3) is 61.3. The summed E-state index contributed by atoms with van der Waals surface area (Å²) in [5.41, 5.74) is 0. The summed E-state index contributed by atoms with van der Waals surface area (Å²) in [5, 5.41) is 10.6. The monoisotopic (exact) mass is 1280 g/mol. The van der Waals surface area contributed by atoms with Gasteiger partial charge in [0.1, 0.15) is 19.3 Å². The van der Waals surface area contributed by atoms with Gasteiger partial charge in [-0.05, 0) is 43.4 Å². The molecule has 17 nitrogen and oxygen atoms in total. The van der Waals surface area contributed by atoms with Crippen LogP contribution < -0.4 is 0 Å². The Morgan fingerprint density at radius 2 is 0.586 bits per heavy atom. The molecule has 0 aromatic rings. The van der Waals surface area contributed by atoms with Crippen molar-refractivity contribution in [2.45, 2.75) is 356 Å². The molecule has 0 saturated heterocycles. The number of phosphoric ester groups is 2. The van der Waals surface area contributed by atoms with Crippen LogP contribution in [0.1, 0.15) is 337 Å². The molecule has 0 rings (SSSR count). The fourth-order valence-electron chi connectivity index (χ4n) is 10.2. The number of esters is 4. The minimum absolute atomic E-state index is 0.103. The highest BCUT2D eigenvalue weighted by Crippen LogP contribution is 2.45. The predicted molar refractivity (Wildman–Crippen MR) is 349 cm³/mol. The number of aliphatic hydroxyl groups is 1. The van der Waals surface area contributed by atoms with Gasteiger partial charge in [-0.2, -0.15) is 0 Å². The smallest absolute Gasteiger partial charge is 0.462 e. The van der Waals surface area contributed by atoms with Crippen molar-refractivity contribution in [3.05, 3.63) is 0 Å². The number of hydrogen-bond acceptors (Lipinski definition) is 15. The molecular formula is C68H132O17P2. The lowest BCUT2D eigenvalue weighted by Crippen LogP contribution is -2.30. The largest absolute Gasteiger partial charge is 0.472 e. The first-order valence-electron chi connectivity index (χ1n) is 35.4. The van der Waals surface area contributed by atoms with E-state index in [0.717, 1.165) is 114 Å². The van der Waals surface area contributed by atoms with Crippen molar-refractivity contribution in [1.82, 2.24) is 0 Å². The topological polar surface area (TPSA) is 237 Å². The average Bonchev–Trinajstić information content (AvgIpc) is 3.67. The Bertz CT molecular complexity index is 1720. The Balaban J connectivity index is 5.25. The summed E-state index contributed by atoms with van der Waals surface area (Å²) in [6.45, 7) is 11.7. The first kappa shape index (κ1) is 85.1. The Hall–Kier alpha value is -1.94. The summed E-state index contributed by atoms with van der Waals surface area (Å²) < 4.78 is 68.2. The van der Waals surface area contributed by atoms with Crippen LogP contribution in [0.2, 0.25) is 0 Å². The summed E-state index contributed by atoms with van der Waals surface area (Å²) in [7, 11) is -9.90. The molecule has 516 valence electrons. The molecule has 0 spiro atoms. The minimum atomic E-state index is -4.95. The molecule has 0 aliphatic rings. The first-order chi connectivity index (χ1) is 41.8. The molecule has 0 bridgehead atoms. The van der Waals surface area contributed by atoms with Crippen LogP contribution in [0.3, 0.4) is 0 Å². The van der Waals surface area contributed by atoms with Crippen LogP contribution in [0.25, 0.3) is 0 Å². The van der Waals surface area contributed by atoms with Gasteiger partial charge in [0.25, 0.3) is 0 Å². The molecule has 3 N–H and O–H groups in total. The number of rotatable bonds is 66. The molecule has 0 saturated carbocycles. The summed E-state index contributed by atoms with van der Waals surface area (Å²) in [6, 6.07) is 0. The highest BCUT2D eigenvalue weighted by atomic mass is 31.2. The van der Waals surface area contributed by atoms with E-state index < -0.39 is 97.5 Å². The first-order valence-corrected chi connectivity index (χ1v) is 38.4. The summed E-state index contributed by atoms with van der Waals surface area (Å²) in [4.78, 5) is 72.4. The predicted octanol–water partition coefficient (Wildman–Crippen LogP) is 19.1. The van der Waals surface area contributed by atoms with Crippen molar-refractivity contribution in [2.24, 2.45) is 17.8 Å². The van der Waals surface area contributed by atoms with E-state index in [2.05, 4.69) is 48.5 Å². The van der Waals surface area contributed by atoms with Gasteiger partial charge in [0, 0.05) is 25.7 Å². The van der Waals surface area contributed by atoms with Crippen molar-refractivity contribution in [2.75, 3.05) is 39.6 Å². The standard InChI is InChI=1S/C68H132O17P2/c1-8-10-11-12-13-14-15-16-17-18-19-20-28-37-44-51-67(72)84-63(55-78-65(70)49-42-35-27-23-21-25-32-39-46-59(3)4)57-82-86(74,75)80-53-62(69)54-81-87(76,77)83-58-64(56-79-66(71)50-43-36-31-30-34-41-48-61(7)9-2)85-68(73)52-45-38-29-24-22-26-33-40-47-60(5)6/h59-64,69H,8-58H2,1-7H3,(H,74,75)(H,76,77)/t61?,62-,63-,64-/m1/s1. The number of carbonyl (C=O) groups is 4. The Kier molecular flexibility index (Phi) is 57.8. The van der Waals surface area contributed by atoms with Gasteiger partial charge in [-0.3, -0.25) is 37.3 Å². The fraction of sp³-hybridized carbons (Fsp3) is 0.941. The van der Waals surface area contributed by atoms with Crippen LogP contribution in [0, 0.1) is 17.8 Å². The second kappa shape index (κ2) is 59.1. The zero-order valence-corrected chi connectivity index (χ0v) is 58.3. The number of ether oxygens (including phenoxy) is 4. The third-order valence-corrected chi connectivity index (χ3v) is 17.9. The van der Waals surface area contributed by atoms with E-state index >= 15 is 0 Å². The maximum Gasteiger partial charge on any atom is 0.472 e. The van der Waals surface area contributed by atoms with E-state index in [-0.39, 0.29) is 25.7 Å². The molecule has 87 heavy (non-hydrogen) atoms. The quantitative estimate of drug-likeness (QED) is 0.0222. The van der Waals surface area contributed by atoms with E-state index in [9.17, 15) is 43.2 Å². The highest BCUT2D eigenvalue weighted by Gasteiger charge is 2.30. The summed E-state index contributed by atoms with van der Waals surface area (Å²) in [6.07, 6.45) is 41.8. The third-order valence-electron chi connectivity index (χ3n) is 16.0. The minimum Gasteiger partial charge on any atom is -0.462 e. The van der Waals surface area contributed by atoms with Crippen LogP contribution in [-0.4, -0.2) is 96.7 Å². The van der Waals surface area contributed by atoms with Gasteiger partial charge in [0.15, 0.2) is 12.2 Å². The SMILES string of the molecule is CCCCCCCCCCCCCCCCCC(=O)O[C@H](COC(=O)CCCCCCCCCCC(C)C)COP(=O)(O)OC[C@@H](O)COP(=O)(O)OC[C@@H](COC(=O)CCCCCCCCC(C)CC)OC(=O)CCCCCCCCCCC(C)C. The van der Waals surface area contributed by atoms with E-state index in [1.807, 2.05) is 0 Å². The van der Waals surface area contributed by atoms with Gasteiger partial charge in [-0.1, -0.05) is 286 Å². The van der Waals surface area contributed by atoms with Crippen molar-refractivity contribution < 1.29 is 80.2 Å². The molecule has 3 unspecified atom stereocenters. The van der Waals surface area contributed by atoms with Gasteiger partial charge in [0.05, 0.1) is 26.4 Å². The molecule has 0 heterocycles. The van der Waals surface area contributed by atoms with Gasteiger partial charge in [0.2, 0.25) is 0 Å². The zero-order valence-electron chi connectivity index (χ0n) is 56.5. The molecule has 0 fully saturated rings. The molecule has 19 heteroatoms. The van der Waals surface area contributed by atoms with Crippen LogP contribution in [0.5, 0.6) is 0 Å². The summed E-state index contributed by atoms with van der Waals surface area (Å²) in [5.74, 6) is 0.0439. The molecule has 0 aromatic carbocycles. The van der Waals surface area contributed by atoms with Crippen LogP contribution in [0.15, 0.2) is 0 Å². The molecule has 6 atom stereocenters. The number of unbranched alkanes of at least 4 members (excludes halogenated alkanes) is 33. The van der Waals surface area contributed by atoms with Crippen molar-refractivity contribution >= 4 is 39.5 Å². The maximum absolute atomic E-state index is 13.0. The average molecular weight is 1280 g/mol. The maximum atomic E-state index is 13.0. The van der Waals surface area contributed by atoms with Crippen molar-refractivity contribution in [1.29, 1.82) is 0 Å². The van der Waals surface area contributed by atoms with Crippen molar-refractivity contribution in [3.8, 4) is 0 Å². The van der Waals surface area contributed by atoms with E-state index in [1.54, 1.807) is 0 Å². The number of carbonyl (C=O) groups excluding carboxylic acids is 4. The Morgan fingerprint density at radius 3 is 0.874 bits per heavy atom. The summed E-state index contributed by atoms with van der Waals surface area (Å²) >= 11 is 0. The molecule has 0 radical (unpaired) electrons. The number of hydrogen-bond donors (Lipinski definition) is 3. The Morgan fingerprint density at radius 1 is 0.333 bits per heavy atom. The van der Waals surface area contributed by atoms with Crippen molar-refractivity contribution in [3.63, 3.8) is 0 Å². The normalized spacial score (nSPS) is 14.6. The van der Waals surface area contributed by atoms with Gasteiger partial charge in [-0.25, -0.2) is 9.13 Å². The van der Waals surface area contributed by atoms with Gasteiger partial charge < -0.3 is 33.8 Å². The van der Waals surface area contributed by atoms with E-state index in [1.165, 1.54) is 141 Å². The lowest BCUT2D eigenvalue weighted by molar-refractivity contribution is -0.161.